The van der Waals surface area contributed by atoms with Gasteiger partial charge in [0.05, 0.1) is 48.4 Å². The summed E-state index contributed by atoms with van der Waals surface area (Å²) < 4.78 is 3.57. The van der Waals surface area contributed by atoms with Crippen LogP contribution in [0.2, 0.25) is 15.1 Å². The lowest BCUT2D eigenvalue weighted by Gasteiger charge is -2.28. The van der Waals surface area contributed by atoms with Gasteiger partial charge < -0.3 is 15.5 Å². The highest BCUT2D eigenvalue weighted by molar-refractivity contribution is 6.35. The van der Waals surface area contributed by atoms with E-state index in [1.54, 1.807) is 46.1 Å². The Bertz CT molecular complexity index is 1590. The molecule has 2 aromatic heterocycles. The Labute approximate surface area is 246 Å². The van der Waals surface area contributed by atoms with E-state index in [0.29, 0.717) is 58.2 Å². The zero-order chi connectivity index (χ0) is 28.6. The van der Waals surface area contributed by atoms with Crippen LogP contribution in [0.5, 0.6) is 0 Å². The summed E-state index contributed by atoms with van der Waals surface area (Å²) in [6, 6.07) is 9.76. The summed E-state index contributed by atoms with van der Waals surface area (Å²) in [5.41, 5.74) is 3.50. The van der Waals surface area contributed by atoms with Crippen molar-refractivity contribution in [1.82, 2.24) is 35.0 Å². The first-order valence-corrected chi connectivity index (χ1v) is 13.7. The van der Waals surface area contributed by atoms with Gasteiger partial charge in [-0.15, -0.1) is 5.10 Å². The summed E-state index contributed by atoms with van der Waals surface area (Å²) >= 11 is 18.6. The lowest BCUT2D eigenvalue weighted by atomic mass is 10.1. The van der Waals surface area contributed by atoms with Crippen LogP contribution in [0.15, 0.2) is 48.8 Å². The molecule has 3 heterocycles. The van der Waals surface area contributed by atoms with Crippen LogP contribution in [0.4, 0.5) is 10.5 Å². The zero-order valence-electron chi connectivity index (χ0n) is 22.1. The van der Waals surface area contributed by atoms with Crippen molar-refractivity contribution in [1.29, 1.82) is 0 Å². The number of nitrogens with one attached hydrogen (secondary N) is 2. The molecule has 1 aliphatic rings. The lowest BCUT2D eigenvalue weighted by Crippen LogP contribution is -2.43. The molecule has 0 atom stereocenters. The Hall–Kier alpha value is -3.60. The molecule has 0 aliphatic carbocycles. The van der Waals surface area contributed by atoms with Crippen molar-refractivity contribution in [2.24, 2.45) is 0 Å². The average molecular weight is 602 g/mol. The summed E-state index contributed by atoms with van der Waals surface area (Å²) in [5.74, 6) is -0.185. The fourth-order valence-corrected chi connectivity index (χ4v) is 5.02. The fraction of sp³-hybridized carbons (Fsp3) is 0.296. The molecule has 3 amide bonds. The number of carbonyl (C=O) groups is 2. The first kappa shape index (κ1) is 27.9. The molecular weight excluding hydrogens is 575 g/mol. The van der Waals surface area contributed by atoms with Crippen LogP contribution in [-0.2, 0) is 19.6 Å². The van der Waals surface area contributed by atoms with Gasteiger partial charge in [-0.1, -0.05) is 46.1 Å². The van der Waals surface area contributed by atoms with Gasteiger partial charge in [-0.05, 0) is 56.7 Å². The van der Waals surface area contributed by atoms with Crippen LogP contribution in [0.1, 0.15) is 42.4 Å². The molecule has 0 bridgehead atoms. The number of anilines is 1. The third kappa shape index (κ3) is 6.24. The number of benzene rings is 2. The number of hydrogen-bond acceptors (Lipinski definition) is 5. The lowest BCUT2D eigenvalue weighted by molar-refractivity contribution is 0.0706. The van der Waals surface area contributed by atoms with Gasteiger partial charge in [-0.2, -0.15) is 5.10 Å². The highest BCUT2D eigenvalue weighted by Gasteiger charge is 2.27. The second-order valence-electron chi connectivity index (χ2n) is 10.5. The highest BCUT2D eigenvalue weighted by Crippen LogP contribution is 2.29. The molecule has 40 heavy (non-hydrogen) atoms. The molecule has 0 spiro atoms. The van der Waals surface area contributed by atoms with Crippen molar-refractivity contribution in [3.63, 3.8) is 0 Å². The van der Waals surface area contributed by atoms with E-state index in [9.17, 15) is 9.59 Å². The summed E-state index contributed by atoms with van der Waals surface area (Å²) in [6.45, 7) is 7.39. The van der Waals surface area contributed by atoms with Crippen LogP contribution in [0.3, 0.4) is 0 Å². The number of rotatable bonds is 5. The molecule has 0 radical (unpaired) electrons. The molecule has 0 unspecified atom stereocenters. The van der Waals surface area contributed by atoms with E-state index in [2.05, 4.69) is 26.0 Å². The van der Waals surface area contributed by atoms with E-state index in [1.165, 1.54) is 0 Å². The molecule has 13 heteroatoms. The van der Waals surface area contributed by atoms with E-state index < -0.39 is 11.6 Å². The van der Waals surface area contributed by atoms with E-state index in [4.69, 9.17) is 34.8 Å². The molecular formula is C27H27Cl3N8O2. The Balaban J connectivity index is 1.32. The minimum absolute atomic E-state index is 0.185. The third-order valence-corrected chi connectivity index (χ3v) is 7.19. The molecule has 0 saturated heterocycles. The number of amides is 3. The number of carbonyl (C=O) groups excluding carboxylic acids is 2. The van der Waals surface area contributed by atoms with Gasteiger partial charge in [0, 0.05) is 33.3 Å². The third-order valence-electron chi connectivity index (χ3n) is 6.27. The van der Waals surface area contributed by atoms with Crippen molar-refractivity contribution < 1.29 is 9.59 Å². The van der Waals surface area contributed by atoms with E-state index in [1.807, 2.05) is 37.7 Å². The number of nitrogens with zero attached hydrogens (tertiary/aromatic N) is 6. The van der Waals surface area contributed by atoms with Gasteiger partial charge in [-0.25, -0.2) is 9.48 Å². The Morgan fingerprint density at radius 3 is 2.58 bits per heavy atom. The van der Waals surface area contributed by atoms with Crippen molar-refractivity contribution >= 4 is 52.4 Å². The Morgan fingerprint density at radius 2 is 1.82 bits per heavy atom. The SMILES string of the molecule is CC(C)(C)NC(=O)Nc1cc(C(=O)N2CCn3ncc(-c4cn(Cc5ccc(Cl)cc5Cl)nn4)c3C2)ccc1Cl. The van der Waals surface area contributed by atoms with Crippen LogP contribution in [-0.4, -0.2) is 53.7 Å². The van der Waals surface area contributed by atoms with Crippen LogP contribution >= 0.6 is 34.8 Å². The maximum absolute atomic E-state index is 13.5. The molecule has 0 saturated carbocycles. The standard InChI is InChI=1S/C27H27Cl3N8O2/c1-27(2,3)33-26(40)32-22-10-16(5-7-20(22)29)25(39)36-8-9-38-24(15-36)19(12-31-38)23-14-37(35-34-23)13-17-4-6-18(28)11-21(17)30/h4-7,10-12,14H,8-9,13,15H2,1-3H3,(H2,32,33,40). The summed E-state index contributed by atoms with van der Waals surface area (Å²) in [7, 11) is 0. The van der Waals surface area contributed by atoms with Gasteiger partial charge >= 0.3 is 6.03 Å². The maximum Gasteiger partial charge on any atom is 0.319 e. The first-order valence-electron chi connectivity index (χ1n) is 12.5. The smallest absolute Gasteiger partial charge is 0.319 e. The number of hydrogen-bond donors (Lipinski definition) is 2. The quantitative estimate of drug-likeness (QED) is 0.304. The van der Waals surface area contributed by atoms with Crippen molar-refractivity contribution in [3.8, 4) is 11.3 Å². The zero-order valence-corrected chi connectivity index (χ0v) is 24.3. The average Bonchev–Trinajstić information content (AvgIpc) is 3.52. The van der Waals surface area contributed by atoms with Crippen LogP contribution in [0.25, 0.3) is 11.3 Å². The molecule has 5 rings (SSSR count). The van der Waals surface area contributed by atoms with E-state index in [0.717, 1.165) is 16.8 Å². The molecule has 2 aromatic carbocycles. The highest BCUT2D eigenvalue weighted by atomic mass is 35.5. The number of aromatic nitrogens is 5. The number of fused-ring (bicyclic) bond motifs is 1. The van der Waals surface area contributed by atoms with Crippen LogP contribution in [0, 0.1) is 0 Å². The maximum atomic E-state index is 13.5. The molecule has 10 nitrogen and oxygen atoms in total. The fourth-order valence-electron chi connectivity index (χ4n) is 4.39. The Morgan fingerprint density at radius 1 is 1.02 bits per heavy atom. The predicted octanol–water partition coefficient (Wildman–Crippen LogP) is 5.73. The van der Waals surface area contributed by atoms with Crippen molar-refractivity contribution in [2.45, 2.75) is 45.9 Å². The predicted molar refractivity (Wildman–Crippen MR) is 155 cm³/mol. The van der Waals surface area contributed by atoms with Crippen molar-refractivity contribution in [3.05, 3.63) is 80.7 Å². The van der Waals surface area contributed by atoms with Gasteiger partial charge in [0.2, 0.25) is 0 Å². The number of halogens is 3. The molecule has 1 aliphatic heterocycles. The van der Waals surface area contributed by atoms with Crippen molar-refractivity contribution in [2.75, 3.05) is 11.9 Å². The first-order chi connectivity index (χ1) is 19.0. The molecule has 2 N–H and O–H groups in total. The topological polar surface area (TPSA) is 110 Å². The van der Waals surface area contributed by atoms with Gasteiger partial charge in [-0.3, -0.25) is 9.48 Å². The normalized spacial score (nSPS) is 13.2. The summed E-state index contributed by atoms with van der Waals surface area (Å²) in [4.78, 5) is 27.6. The Kier molecular flexibility index (Phi) is 7.76. The van der Waals surface area contributed by atoms with Crippen LogP contribution < -0.4 is 10.6 Å². The monoisotopic (exact) mass is 600 g/mol. The number of urea groups is 1. The summed E-state index contributed by atoms with van der Waals surface area (Å²) in [6.07, 6.45) is 3.56. The van der Waals surface area contributed by atoms with E-state index >= 15 is 0 Å². The molecule has 4 aromatic rings. The second kappa shape index (κ2) is 11.1. The second-order valence-corrected chi connectivity index (χ2v) is 11.8. The van der Waals surface area contributed by atoms with E-state index in [-0.39, 0.29) is 5.91 Å². The minimum Gasteiger partial charge on any atom is -0.333 e. The van der Waals surface area contributed by atoms with Gasteiger partial charge in [0.25, 0.3) is 5.91 Å². The van der Waals surface area contributed by atoms with Gasteiger partial charge in [0.15, 0.2) is 0 Å². The van der Waals surface area contributed by atoms with Gasteiger partial charge in [0.1, 0.15) is 5.69 Å². The largest absolute Gasteiger partial charge is 0.333 e. The molecule has 208 valence electrons. The molecule has 0 fully saturated rings. The summed E-state index contributed by atoms with van der Waals surface area (Å²) in [5, 5.41) is 20.1. The minimum atomic E-state index is -0.424.